The molecule has 0 spiro atoms. The fourth-order valence-corrected chi connectivity index (χ4v) is 2.00. The van der Waals surface area contributed by atoms with Crippen LogP contribution in [0.25, 0.3) is 0 Å². The molecular formula is C10H8BrClN2. The van der Waals surface area contributed by atoms with Crippen LogP contribution in [-0.4, -0.2) is 4.98 Å². The Labute approximate surface area is 96.0 Å². The van der Waals surface area contributed by atoms with Crippen molar-refractivity contribution in [2.45, 2.75) is 25.2 Å². The molecule has 0 atom stereocenters. The number of halogens is 2. The van der Waals surface area contributed by atoms with Gasteiger partial charge in [-0.25, -0.2) is 4.98 Å². The second-order valence-electron chi connectivity index (χ2n) is 3.44. The normalized spacial score (nSPS) is 16.1. The standard InChI is InChI=1S/C10H8BrClN2/c11-9-7(5-13)4-8(14-10(9)12)6-2-1-3-6/h4,6H,1-3H2. The third-order valence-corrected chi connectivity index (χ3v) is 3.89. The topological polar surface area (TPSA) is 36.7 Å². The lowest BCUT2D eigenvalue weighted by atomic mass is 9.82. The van der Waals surface area contributed by atoms with Crippen molar-refractivity contribution >= 4 is 27.5 Å². The molecule has 72 valence electrons. The maximum absolute atomic E-state index is 8.87. The van der Waals surface area contributed by atoms with Gasteiger partial charge in [-0.05, 0) is 34.8 Å². The van der Waals surface area contributed by atoms with Crippen molar-refractivity contribution in [2.24, 2.45) is 0 Å². The molecule has 0 bridgehead atoms. The van der Waals surface area contributed by atoms with E-state index in [-0.39, 0.29) is 0 Å². The molecule has 1 fully saturated rings. The molecule has 0 saturated heterocycles. The molecule has 2 rings (SSSR count). The van der Waals surface area contributed by atoms with Gasteiger partial charge in [-0.1, -0.05) is 18.0 Å². The average Bonchev–Trinajstić information content (AvgIpc) is 2.08. The van der Waals surface area contributed by atoms with E-state index in [4.69, 9.17) is 16.9 Å². The average molecular weight is 272 g/mol. The fourth-order valence-electron chi connectivity index (χ4n) is 1.51. The van der Waals surface area contributed by atoms with Crippen LogP contribution in [0.3, 0.4) is 0 Å². The zero-order chi connectivity index (χ0) is 10.1. The van der Waals surface area contributed by atoms with Crippen LogP contribution in [-0.2, 0) is 0 Å². The molecule has 1 aromatic rings. The number of hydrogen-bond acceptors (Lipinski definition) is 2. The number of rotatable bonds is 1. The minimum Gasteiger partial charge on any atom is -0.240 e. The lowest BCUT2D eigenvalue weighted by molar-refractivity contribution is 0.411. The van der Waals surface area contributed by atoms with Gasteiger partial charge in [0.25, 0.3) is 0 Å². The lowest BCUT2D eigenvalue weighted by Crippen LogP contribution is -2.11. The number of nitriles is 1. The molecule has 1 aliphatic rings. The van der Waals surface area contributed by atoms with Gasteiger partial charge in [0.15, 0.2) is 0 Å². The second-order valence-corrected chi connectivity index (χ2v) is 4.59. The number of pyridine rings is 1. The van der Waals surface area contributed by atoms with Crippen molar-refractivity contribution in [3.05, 3.63) is 26.9 Å². The first-order chi connectivity index (χ1) is 6.72. The highest BCUT2D eigenvalue weighted by molar-refractivity contribution is 9.10. The van der Waals surface area contributed by atoms with Crippen LogP contribution in [0, 0.1) is 11.3 Å². The van der Waals surface area contributed by atoms with Gasteiger partial charge < -0.3 is 0 Å². The molecule has 4 heteroatoms. The molecule has 0 unspecified atom stereocenters. The van der Waals surface area contributed by atoms with Gasteiger partial charge >= 0.3 is 0 Å². The van der Waals surface area contributed by atoms with Gasteiger partial charge in [0, 0.05) is 11.6 Å². The van der Waals surface area contributed by atoms with Gasteiger partial charge in [-0.3, -0.25) is 0 Å². The fraction of sp³-hybridized carbons (Fsp3) is 0.400. The Morgan fingerprint density at radius 2 is 2.29 bits per heavy atom. The van der Waals surface area contributed by atoms with Crippen LogP contribution in [0.2, 0.25) is 5.15 Å². The summed E-state index contributed by atoms with van der Waals surface area (Å²) in [5.41, 5.74) is 1.54. The Balaban J connectivity index is 2.43. The predicted molar refractivity (Wildman–Crippen MR) is 58.3 cm³/mol. The van der Waals surface area contributed by atoms with E-state index in [0.29, 0.717) is 21.1 Å². The van der Waals surface area contributed by atoms with E-state index in [2.05, 4.69) is 27.0 Å². The van der Waals surface area contributed by atoms with E-state index in [1.165, 1.54) is 6.42 Å². The van der Waals surface area contributed by atoms with E-state index in [1.807, 2.05) is 6.07 Å². The molecule has 1 heterocycles. The van der Waals surface area contributed by atoms with Crippen molar-refractivity contribution in [1.29, 1.82) is 5.26 Å². The summed E-state index contributed by atoms with van der Waals surface area (Å²) in [4.78, 5) is 4.27. The SMILES string of the molecule is N#Cc1cc(C2CCC2)nc(Cl)c1Br. The van der Waals surface area contributed by atoms with E-state index in [9.17, 15) is 0 Å². The molecule has 0 aromatic carbocycles. The van der Waals surface area contributed by atoms with Crippen LogP contribution in [0.1, 0.15) is 36.4 Å². The number of aromatic nitrogens is 1. The minimum atomic E-state index is 0.394. The summed E-state index contributed by atoms with van der Waals surface area (Å²) < 4.78 is 0.602. The molecule has 14 heavy (non-hydrogen) atoms. The summed E-state index contributed by atoms with van der Waals surface area (Å²) in [6, 6.07) is 3.94. The Morgan fingerprint density at radius 1 is 1.57 bits per heavy atom. The van der Waals surface area contributed by atoms with Crippen molar-refractivity contribution in [3.63, 3.8) is 0 Å². The lowest BCUT2D eigenvalue weighted by Gasteiger charge is -2.25. The van der Waals surface area contributed by atoms with Crippen LogP contribution < -0.4 is 0 Å². The van der Waals surface area contributed by atoms with Gasteiger partial charge in [-0.2, -0.15) is 5.26 Å². The van der Waals surface area contributed by atoms with E-state index < -0.39 is 0 Å². The second kappa shape index (κ2) is 3.88. The summed E-state index contributed by atoms with van der Waals surface area (Å²) >= 11 is 9.16. The molecule has 2 nitrogen and oxygen atoms in total. The van der Waals surface area contributed by atoms with Crippen molar-refractivity contribution in [1.82, 2.24) is 4.98 Å². The first-order valence-corrected chi connectivity index (χ1v) is 5.65. The third kappa shape index (κ3) is 1.65. The molecular weight excluding hydrogens is 263 g/mol. The van der Waals surface area contributed by atoms with E-state index in [0.717, 1.165) is 18.5 Å². The van der Waals surface area contributed by atoms with Crippen LogP contribution in [0.15, 0.2) is 10.5 Å². The zero-order valence-corrected chi connectivity index (χ0v) is 9.77. The third-order valence-electron chi connectivity index (χ3n) is 2.58. The molecule has 0 amide bonds. The van der Waals surface area contributed by atoms with Gasteiger partial charge in [0.1, 0.15) is 11.2 Å². The molecule has 1 saturated carbocycles. The van der Waals surface area contributed by atoms with Crippen LogP contribution >= 0.6 is 27.5 Å². The Morgan fingerprint density at radius 3 is 2.79 bits per heavy atom. The Hall–Kier alpha value is -0.590. The molecule has 1 aliphatic carbocycles. The maximum atomic E-state index is 8.87. The predicted octanol–water partition coefficient (Wildman–Crippen LogP) is 3.64. The number of hydrogen-bond donors (Lipinski definition) is 0. The minimum absolute atomic E-state index is 0.394. The van der Waals surface area contributed by atoms with Gasteiger partial charge in [0.2, 0.25) is 0 Å². The van der Waals surface area contributed by atoms with E-state index in [1.54, 1.807) is 0 Å². The molecule has 0 radical (unpaired) electrons. The van der Waals surface area contributed by atoms with Crippen LogP contribution in [0.4, 0.5) is 0 Å². The number of nitrogens with zero attached hydrogens (tertiary/aromatic N) is 2. The Bertz CT molecular complexity index is 407. The monoisotopic (exact) mass is 270 g/mol. The zero-order valence-electron chi connectivity index (χ0n) is 7.43. The summed E-state index contributed by atoms with van der Waals surface area (Å²) in [6.45, 7) is 0. The van der Waals surface area contributed by atoms with Crippen LogP contribution in [0.5, 0.6) is 0 Å². The van der Waals surface area contributed by atoms with Crippen molar-refractivity contribution in [2.75, 3.05) is 0 Å². The molecule has 1 aromatic heterocycles. The first kappa shape index (κ1) is 9.95. The molecule has 0 N–H and O–H groups in total. The largest absolute Gasteiger partial charge is 0.240 e. The van der Waals surface area contributed by atoms with Crippen molar-refractivity contribution in [3.8, 4) is 6.07 Å². The maximum Gasteiger partial charge on any atom is 0.144 e. The highest BCUT2D eigenvalue weighted by atomic mass is 79.9. The summed E-state index contributed by atoms with van der Waals surface area (Å²) in [6.07, 6.45) is 3.58. The summed E-state index contributed by atoms with van der Waals surface area (Å²) in [7, 11) is 0. The molecule has 0 aliphatic heterocycles. The summed E-state index contributed by atoms with van der Waals surface area (Å²) in [5, 5.41) is 9.27. The summed E-state index contributed by atoms with van der Waals surface area (Å²) in [5.74, 6) is 0.507. The highest BCUT2D eigenvalue weighted by Gasteiger charge is 2.22. The van der Waals surface area contributed by atoms with E-state index >= 15 is 0 Å². The van der Waals surface area contributed by atoms with Gasteiger partial charge in [0.05, 0.1) is 10.0 Å². The van der Waals surface area contributed by atoms with Crippen molar-refractivity contribution < 1.29 is 0 Å². The first-order valence-electron chi connectivity index (χ1n) is 4.48. The van der Waals surface area contributed by atoms with Gasteiger partial charge in [-0.15, -0.1) is 0 Å². The highest BCUT2D eigenvalue weighted by Crippen LogP contribution is 2.37. The Kier molecular flexibility index (Phi) is 2.76. The quantitative estimate of drug-likeness (QED) is 0.731. The smallest absolute Gasteiger partial charge is 0.144 e.